The first-order valence-corrected chi connectivity index (χ1v) is 15.0. The highest BCUT2D eigenvalue weighted by molar-refractivity contribution is 5.86. The van der Waals surface area contributed by atoms with Gasteiger partial charge in [0, 0.05) is 24.2 Å². The number of fused-ring (bicyclic) bond motifs is 7. The van der Waals surface area contributed by atoms with E-state index < -0.39 is 0 Å². The molecule has 0 bridgehead atoms. The van der Waals surface area contributed by atoms with Gasteiger partial charge < -0.3 is 0 Å². The number of carbonyl (C=O) groups is 2. The maximum Gasteiger partial charge on any atom is 0.238 e. The molecule has 1 aromatic heterocycles. The minimum absolute atomic E-state index is 0.205. The Morgan fingerprint density at radius 2 is 1.70 bits per heavy atom. The van der Waals surface area contributed by atoms with Crippen LogP contribution in [0.5, 0.6) is 0 Å². The maximum atomic E-state index is 14.2. The van der Waals surface area contributed by atoms with Gasteiger partial charge in [-0.15, -0.1) is 0 Å². The summed E-state index contributed by atoms with van der Waals surface area (Å²) in [6.45, 7) is 18.9. The van der Waals surface area contributed by atoms with Crippen molar-refractivity contribution in [2.75, 3.05) is 0 Å². The summed E-state index contributed by atoms with van der Waals surface area (Å²) in [5.74, 6) is 3.22. The van der Waals surface area contributed by atoms with Gasteiger partial charge >= 0.3 is 0 Å². The molecule has 6 rings (SSSR count). The zero-order valence-corrected chi connectivity index (χ0v) is 24.1. The Labute approximate surface area is 224 Å². The number of Topliss-reactive ketones (excluding diaryl/α,β-unsaturated/α-hetero) is 1. The fourth-order valence-electron chi connectivity index (χ4n) is 11.9. The summed E-state index contributed by atoms with van der Waals surface area (Å²) in [7, 11) is 0. The average Bonchev–Trinajstić information content (AvgIpc) is 3.51. The van der Waals surface area contributed by atoms with Crippen LogP contribution in [0.4, 0.5) is 0 Å². The van der Waals surface area contributed by atoms with Crippen molar-refractivity contribution in [2.45, 2.75) is 106 Å². The lowest BCUT2D eigenvalue weighted by atomic mass is 9.32. The molecule has 0 aromatic carbocycles. The lowest BCUT2D eigenvalue weighted by Crippen LogP contribution is -2.66. The summed E-state index contributed by atoms with van der Waals surface area (Å²) in [6.07, 6.45) is 16.1. The number of rotatable bonds is 2. The molecule has 1 heterocycles. The molecule has 0 radical (unpaired) electrons. The van der Waals surface area contributed by atoms with Crippen LogP contribution in [-0.2, 0) is 4.79 Å². The number of imidazole rings is 1. The molecular formula is C33H48N2O2. The molecular weight excluding hydrogens is 456 g/mol. The van der Waals surface area contributed by atoms with E-state index in [-0.39, 0.29) is 33.0 Å². The Hall–Kier alpha value is -1.71. The highest BCUT2D eigenvalue weighted by atomic mass is 16.2. The number of nitrogens with zero attached hydrogens (tertiary/aromatic N) is 2. The van der Waals surface area contributed by atoms with E-state index in [4.69, 9.17) is 0 Å². The molecule has 0 N–H and O–H groups in total. The molecule has 0 saturated heterocycles. The van der Waals surface area contributed by atoms with Crippen LogP contribution < -0.4 is 0 Å². The number of carbonyl (C=O) groups excluding carboxylic acids is 2. The number of ketones is 1. The van der Waals surface area contributed by atoms with Crippen molar-refractivity contribution in [3.8, 4) is 0 Å². The van der Waals surface area contributed by atoms with Crippen molar-refractivity contribution in [2.24, 2.45) is 56.7 Å². The van der Waals surface area contributed by atoms with Crippen molar-refractivity contribution in [1.29, 1.82) is 0 Å². The van der Waals surface area contributed by atoms with Crippen molar-refractivity contribution >= 4 is 11.7 Å². The minimum Gasteiger partial charge on any atom is -0.299 e. The molecule has 5 fully saturated rings. The number of hydrogen-bond donors (Lipinski definition) is 0. The predicted octanol–water partition coefficient (Wildman–Crippen LogP) is 7.75. The van der Waals surface area contributed by atoms with E-state index >= 15 is 0 Å². The molecule has 5 aliphatic carbocycles. The summed E-state index contributed by atoms with van der Waals surface area (Å²) >= 11 is 0. The van der Waals surface area contributed by atoms with Crippen LogP contribution in [-0.4, -0.2) is 21.2 Å². The minimum atomic E-state index is -0.294. The van der Waals surface area contributed by atoms with Crippen molar-refractivity contribution < 1.29 is 9.59 Å². The van der Waals surface area contributed by atoms with Gasteiger partial charge in [-0.3, -0.25) is 14.2 Å². The lowest BCUT2D eigenvalue weighted by Gasteiger charge is -2.72. The summed E-state index contributed by atoms with van der Waals surface area (Å²) in [6, 6.07) is 0. The standard InChI is InChI=1S/C33H48N2O2/c1-21(2)22-10-15-33(28(37)35-19-18-34-20-35)17-16-31(6)23(27(22)33)8-9-25-30(5)13-12-26(36)29(3,4)24(30)11-14-32(25,31)7/h18-20,22-25,27H,1,8-17H2,2-7H3/t22-,23?,24-,25+,27+,30-,31+,32+,33-/m0/s1. The smallest absolute Gasteiger partial charge is 0.238 e. The van der Waals surface area contributed by atoms with Gasteiger partial charge in [0.15, 0.2) is 0 Å². The van der Waals surface area contributed by atoms with Crippen LogP contribution in [0.1, 0.15) is 111 Å². The zero-order chi connectivity index (χ0) is 26.6. The molecule has 37 heavy (non-hydrogen) atoms. The molecule has 1 unspecified atom stereocenters. The highest BCUT2D eigenvalue weighted by Gasteiger charge is 2.72. The number of allylic oxidation sites excluding steroid dienone is 1. The highest BCUT2D eigenvalue weighted by Crippen LogP contribution is 2.77. The van der Waals surface area contributed by atoms with Gasteiger partial charge in [0.25, 0.3) is 0 Å². The number of aromatic nitrogens is 2. The fraction of sp³-hybridized carbons (Fsp3) is 0.788. The molecule has 0 spiro atoms. The maximum absolute atomic E-state index is 14.2. The second kappa shape index (κ2) is 7.92. The normalized spacial score (nSPS) is 48.4. The van der Waals surface area contributed by atoms with Crippen LogP contribution >= 0.6 is 0 Å². The van der Waals surface area contributed by atoms with E-state index in [1.807, 2.05) is 6.20 Å². The summed E-state index contributed by atoms with van der Waals surface area (Å²) in [5.41, 5.74) is 1.44. The van der Waals surface area contributed by atoms with Crippen LogP contribution in [0, 0.1) is 56.7 Å². The van der Waals surface area contributed by atoms with Crippen LogP contribution in [0.15, 0.2) is 30.9 Å². The largest absolute Gasteiger partial charge is 0.299 e. The van der Waals surface area contributed by atoms with Crippen LogP contribution in [0.2, 0.25) is 0 Å². The summed E-state index contributed by atoms with van der Waals surface area (Å²) in [5, 5.41) is 0. The number of hydrogen-bond acceptors (Lipinski definition) is 3. The second-order valence-electron chi connectivity index (χ2n) is 15.3. The Kier molecular flexibility index (Phi) is 5.47. The van der Waals surface area contributed by atoms with E-state index in [0.29, 0.717) is 35.4 Å². The lowest BCUT2D eigenvalue weighted by molar-refractivity contribution is -0.230. The predicted molar refractivity (Wildman–Crippen MR) is 147 cm³/mol. The van der Waals surface area contributed by atoms with Gasteiger partial charge in [0.2, 0.25) is 5.91 Å². The van der Waals surface area contributed by atoms with E-state index in [2.05, 4.69) is 53.1 Å². The zero-order valence-electron chi connectivity index (χ0n) is 24.1. The molecule has 4 nitrogen and oxygen atoms in total. The molecule has 1 aromatic rings. The summed E-state index contributed by atoms with van der Waals surface area (Å²) < 4.78 is 1.77. The first-order chi connectivity index (χ1) is 17.3. The molecule has 4 heteroatoms. The first kappa shape index (κ1) is 25.6. The molecule has 0 aliphatic heterocycles. The van der Waals surface area contributed by atoms with E-state index in [9.17, 15) is 9.59 Å². The Morgan fingerprint density at radius 3 is 2.38 bits per heavy atom. The third kappa shape index (κ3) is 3.05. The van der Waals surface area contributed by atoms with Crippen molar-refractivity contribution in [3.63, 3.8) is 0 Å². The van der Waals surface area contributed by atoms with Gasteiger partial charge in [0.05, 0.1) is 5.41 Å². The van der Waals surface area contributed by atoms with Crippen molar-refractivity contribution in [1.82, 2.24) is 9.55 Å². The van der Waals surface area contributed by atoms with Crippen molar-refractivity contribution in [3.05, 3.63) is 30.9 Å². The molecule has 5 saturated carbocycles. The second-order valence-corrected chi connectivity index (χ2v) is 15.3. The third-order valence-corrected chi connectivity index (χ3v) is 14.0. The third-order valence-electron chi connectivity index (χ3n) is 14.0. The van der Waals surface area contributed by atoms with Crippen LogP contribution in [0.3, 0.4) is 0 Å². The molecule has 202 valence electrons. The van der Waals surface area contributed by atoms with Gasteiger partial charge in [-0.2, -0.15) is 0 Å². The first-order valence-electron chi connectivity index (χ1n) is 15.0. The molecule has 9 atom stereocenters. The average molecular weight is 505 g/mol. The Bertz CT molecular complexity index is 1140. The van der Waals surface area contributed by atoms with E-state index in [1.165, 1.54) is 24.8 Å². The van der Waals surface area contributed by atoms with E-state index in [0.717, 1.165) is 44.9 Å². The van der Waals surface area contributed by atoms with Crippen LogP contribution in [0.25, 0.3) is 0 Å². The molecule has 0 amide bonds. The van der Waals surface area contributed by atoms with E-state index in [1.54, 1.807) is 17.1 Å². The Balaban J connectivity index is 1.42. The fourth-order valence-corrected chi connectivity index (χ4v) is 11.9. The quantitative estimate of drug-likeness (QED) is 0.387. The van der Waals surface area contributed by atoms with Gasteiger partial charge in [-0.1, -0.05) is 46.8 Å². The SMILES string of the molecule is C=C(C)[C@@H]1CC[C@]2(C(=O)n3ccnc3)CC[C@]3(C)C(CC[C@@H]4[C@@]5(C)CCC(=O)C(C)(C)[C@@H]5CC[C@]43C)[C@@H]12. The monoisotopic (exact) mass is 504 g/mol. The van der Waals surface area contributed by atoms with Gasteiger partial charge in [-0.25, -0.2) is 4.98 Å². The Morgan fingerprint density at radius 1 is 0.946 bits per heavy atom. The van der Waals surface area contributed by atoms with Gasteiger partial charge in [-0.05, 0) is 111 Å². The van der Waals surface area contributed by atoms with Gasteiger partial charge in [0.1, 0.15) is 12.1 Å². The topological polar surface area (TPSA) is 52.0 Å². The summed E-state index contributed by atoms with van der Waals surface area (Å²) in [4.78, 5) is 31.4. The molecule has 5 aliphatic rings.